The Bertz CT molecular complexity index is 650. The number of benzene rings is 1. The molecule has 1 heterocycles. The molecule has 90 valence electrons. The molecule has 0 spiro atoms. The highest BCUT2D eigenvalue weighted by molar-refractivity contribution is 8.12. The van der Waals surface area contributed by atoms with Crippen molar-refractivity contribution in [3.05, 3.63) is 52.4 Å². The second-order valence-electron chi connectivity index (χ2n) is 5.06. The van der Waals surface area contributed by atoms with Gasteiger partial charge in [-0.1, -0.05) is 56.5 Å². The van der Waals surface area contributed by atoms with E-state index < -0.39 is 11.2 Å². The first-order chi connectivity index (χ1) is 8.44. The molecule has 2 aliphatic rings. The van der Waals surface area contributed by atoms with Gasteiger partial charge in [0.25, 0.3) is 0 Å². The number of ketones is 2. The van der Waals surface area contributed by atoms with Crippen LogP contribution in [0.5, 0.6) is 0 Å². The average molecular weight is 256 g/mol. The first kappa shape index (κ1) is 11.5. The number of Topliss-reactive ketones (excluding diaryl/α,β-unsaturated/α-hetero) is 2. The van der Waals surface area contributed by atoms with Gasteiger partial charge in [0.1, 0.15) is 0 Å². The van der Waals surface area contributed by atoms with Gasteiger partial charge in [-0.05, 0) is 4.91 Å². The maximum atomic E-state index is 12.3. The Hall–Kier alpha value is -1.61. The lowest BCUT2D eigenvalue weighted by atomic mass is 9.76. The van der Waals surface area contributed by atoms with Crippen LogP contribution in [0.25, 0.3) is 4.91 Å². The number of hydrogen-bond acceptors (Lipinski definition) is 3. The monoisotopic (exact) mass is 256 g/mol. The van der Waals surface area contributed by atoms with Crippen LogP contribution in [0.4, 0.5) is 0 Å². The van der Waals surface area contributed by atoms with Crippen LogP contribution in [0.15, 0.2) is 41.3 Å². The standard InChI is InChI=1S/C15H12O2S/c1-8-15(2,3)11-13(17)12(16)9-6-4-5-7-10(9)14(11)18-8/h4-7H,1H2,2-3H3. The van der Waals surface area contributed by atoms with Crippen LogP contribution >= 0.6 is 11.8 Å². The lowest BCUT2D eigenvalue weighted by Gasteiger charge is -2.24. The molecule has 0 saturated heterocycles. The van der Waals surface area contributed by atoms with Gasteiger partial charge in [-0.15, -0.1) is 0 Å². The molecule has 0 unspecified atom stereocenters. The van der Waals surface area contributed by atoms with Gasteiger partial charge in [-0.25, -0.2) is 0 Å². The van der Waals surface area contributed by atoms with Crippen molar-refractivity contribution in [3.63, 3.8) is 0 Å². The number of carbonyl (C=O) groups is 2. The van der Waals surface area contributed by atoms with E-state index in [2.05, 4.69) is 6.58 Å². The molecule has 0 bridgehead atoms. The summed E-state index contributed by atoms with van der Waals surface area (Å²) >= 11 is 1.52. The van der Waals surface area contributed by atoms with Crippen molar-refractivity contribution in [2.75, 3.05) is 0 Å². The summed E-state index contributed by atoms with van der Waals surface area (Å²) in [6.07, 6.45) is 0. The maximum absolute atomic E-state index is 12.3. The van der Waals surface area contributed by atoms with Crippen LogP contribution in [0.1, 0.15) is 29.8 Å². The predicted octanol–water partition coefficient (Wildman–Crippen LogP) is 3.45. The fraction of sp³-hybridized carbons (Fsp3) is 0.200. The lowest BCUT2D eigenvalue weighted by molar-refractivity contribution is -0.112. The summed E-state index contributed by atoms with van der Waals surface area (Å²) in [5.74, 6) is -0.771. The van der Waals surface area contributed by atoms with E-state index in [0.29, 0.717) is 11.1 Å². The van der Waals surface area contributed by atoms with Crippen LogP contribution in [-0.4, -0.2) is 11.6 Å². The minimum atomic E-state index is -0.430. The van der Waals surface area contributed by atoms with Gasteiger partial charge >= 0.3 is 0 Å². The van der Waals surface area contributed by atoms with Crippen LogP contribution in [0.3, 0.4) is 0 Å². The van der Waals surface area contributed by atoms with Crippen LogP contribution < -0.4 is 0 Å². The predicted molar refractivity (Wildman–Crippen MR) is 73.2 cm³/mol. The second kappa shape index (κ2) is 3.45. The summed E-state index contributed by atoms with van der Waals surface area (Å²) in [5.41, 5.74) is 1.56. The summed E-state index contributed by atoms with van der Waals surface area (Å²) in [4.78, 5) is 26.2. The zero-order valence-electron chi connectivity index (χ0n) is 10.2. The summed E-state index contributed by atoms with van der Waals surface area (Å²) in [7, 11) is 0. The second-order valence-corrected chi connectivity index (χ2v) is 6.16. The molecule has 1 aromatic carbocycles. The molecule has 0 atom stereocenters. The fourth-order valence-electron chi connectivity index (χ4n) is 2.42. The lowest BCUT2D eigenvalue weighted by Crippen LogP contribution is -2.28. The number of fused-ring (bicyclic) bond motifs is 2. The number of rotatable bonds is 0. The molecule has 0 aromatic heterocycles. The molecular formula is C15H12O2S. The van der Waals surface area contributed by atoms with Gasteiger partial charge in [0.2, 0.25) is 11.6 Å². The van der Waals surface area contributed by atoms with Crippen molar-refractivity contribution in [1.82, 2.24) is 0 Å². The van der Waals surface area contributed by atoms with Crippen molar-refractivity contribution in [2.24, 2.45) is 5.41 Å². The summed E-state index contributed by atoms with van der Waals surface area (Å²) in [6.45, 7) is 7.92. The van der Waals surface area contributed by atoms with Gasteiger partial charge in [0.05, 0.1) is 0 Å². The largest absolute Gasteiger partial charge is 0.285 e. The third-order valence-corrected chi connectivity index (χ3v) is 5.01. The molecule has 3 rings (SSSR count). The molecule has 2 nitrogen and oxygen atoms in total. The molecular weight excluding hydrogens is 244 g/mol. The summed E-state index contributed by atoms with van der Waals surface area (Å²) in [5, 5.41) is 0. The molecule has 1 aromatic rings. The Labute approximate surface area is 110 Å². The molecule has 0 amide bonds. The van der Waals surface area contributed by atoms with Gasteiger partial charge < -0.3 is 0 Å². The smallest absolute Gasteiger partial charge is 0.233 e. The zero-order chi connectivity index (χ0) is 13.1. The van der Waals surface area contributed by atoms with Gasteiger partial charge in [0, 0.05) is 27.0 Å². The molecule has 18 heavy (non-hydrogen) atoms. The first-order valence-corrected chi connectivity index (χ1v) is 6.56. The number of allylic oxidation sites excluding steroid dienone is 2. The van der Waals surface area contributed by atoms with Gasteiger partial charge in [-0.2, -0.15) is 0 Å². The van der Waals surface area contributed by atoms with E-state index in [1.807, 2.05) is 26.0 Å². The Morgan fingerprint density at radius 1 is 1.06 bits per heavy atom. The van der Waals surface area contributed by atoms with Gasteiger partial charge in [0.15, 0.2) is 0 Å². The van der Waals surface area contributed by atoms with Crippen LogP contribution in [0, 0.1) is 5.41 Å². The van der Waals surface area contributed by atoms with Crippen LogP contribution in [-0.2, 0) is 4.79 Å². The van der Waals surface area contributed by atoms with Crippen molar-refractivity contribution < 1.29 is 9.59 Å². The minimum absolute atomic E-state index is 0.375. The van der Waals surface area contributed by atoms with E-state index in [4.69, 9.17) is 0 Å². The van der Waals surface area contributed by atoms with E-state index >= 15 is 0 Å². The molecule has 1 aliphatic heterocycles. The van der Waals surface area contributed by atoms with Crippen molar-refractivity contribution >= 4 is 28.2 Å². The Kier molecular flexibility index (Phi) is 2.20. The van der Waals surface area contributed by atoms with E-state index in [-0.39, 0.29) is 5.78 Å². The minimum Gasteiger partial charge on any atom is -0.285 e. The molecule has 0 radical (unpaired) electrons. The summed E-state index contributed by atoms with van der Waals surface area (Å²) < 4.78 is 0. The Morgan fingerprint density at radius 3 is 2.33 bits per heavy atom. The highest BCUT2D eigenvalue weighted by Crippen LogP contribution is 2.58. The van der Waals surface area contributed by atoms with Crippen LogP contribution in [0.2, 0.25) is 0 Å². The number of carbonyl (C=O) groups excluding carboxylic acids is 2. The molecule has 0 saturated carbocycles. The average Bonchev–Trinajstić information content (AvgIpc) is 2.58. The quantitative estimate of drug-likeness (QED) is 0.667. The van der Waals surface area contributed by atoms with Crippen molar-refractivity contribution in [1.29, 1.82) is 0 Å². The highest BCUT2D eigenvalue weighted by Gasteiger charge is 2.46. The number of hydrogen-bond donors (Lipinski definition) is 0. The SMILES string of the molecule is C=C1SC2=C(C(=O)C(=O)c3ccccc32)C1(C)C. The van der Waals surface area contributed by atoms with E-state index in [1.54, 1.807) is 12.1 Å². The Morgan fingerprint density at radius 2 is 1.67 bits per heavy atom. The first-order valence-electron chi connectivity index (χ1n) is 5.75. The number of thioether (sulfide) groups is 1. The molecule has 0 fully saturated rings. The van der Waals surface area contributed by atoms with Crippen molar-refractivity contribution in [3.8, 4) is 0 Å². The van der Waals surface area contributed by atoms with E-state index in [1.165, 1.54) is 11.8 Å². The third-order valence-electron chi connectivity index (χ3n) is 3.62. The molecule has 0 N–H and O–H groups in total. The molecule has 3 heteroatoms. The molecule has 1 aliphatic carbocycles. The Balaban J connectivity index is 2.36. The van der Waals surface area contributed by atoms with Gasteiger partial charge in [-0.3, -0.25) is 9.59 Å². The van der Waals surface area contributed by atoms with Crippen molar-refractivity contribution in [2.45, 2.75) is 13.8 Å². The fourth-order valence-corrected chi connectivity index (χ4v) is 3.76. The van der Waals surface area contributed by atoms with E-state index in [0.717, 1.165) is 15.4 Å². The highest BCUT2D eigenvalue weighted by atomic mass is 32.2. The normalized spacial score (nSPS) is 21.1. The summed E-state index contributed by atoms with van der Waals surface area (Å²) in [6, 6.07) is 7.29. The topological polar surface area (TPSA) is 34.1 Å². The third kappa shape index (κ3) is 1.25. The van der Waals surface area contributed by atoms with E-state index in [9.17, 15) is 9.59 Å². The maximum Gasteiger partial charge on any atom is 0.233 e. The zero-order valence-corrected chi connectivity index (χ0v) is 11.1.